The topological polar surface area (TPSA) is 38.9 Å². The summed E-state index contributed by atoms with van der Waals surface area (Å²) >= 11 is 0. The quantitative estimate of drug-likeness (QED) is 0.444. The smallest absolute Gasteiger partial charge is 0.227 e. The molecule has 0 radical (unpaired) electrons. The second kappa shape index (κ2) is 6.24. The van der Waals surface area contributed by atoms with Gasteiger partial charge in [0.1, 0.15) is 5.58 Å². The highest BCUT2D eigenvalue weighted by Gasteiger charge is 2.16. The normalized spacial score (nSPS) is 12.2. The van der Waals surface area contributed by atoms with Crippen LogP contribution in [0.1, 0.15) is 39.0 Å². The molecule has 0 aliphatic rings. The van der Waals surface area contributed by atoms with Crippen LogP contribution in [-0.4, -0.2) is 9.97 Å². The lowest BCUT2D eigenvalue weighted by Crippen LogP contribution is -2.09. The van der Waals surface area contributed by atoms with Gasteiger partial charge in [0.2, 0.25) is 5.71 Å². The molecular formula is C23H24N2O. The molecule has 26 heavy (non-hydrogen) atoms. The standard InChI is InChI=1S/C23H24N2O/c1-5-16-9-10-18-17-7-6-8-19(21(17)26-22(18)25-16)20-13-15(11-12-24-20)14-23(2,3)4/h6-13H,5,14H2,1-4H3. The van der Waals surface area contributed by atoms with E-state index in [9.17, 15) is 0 Å². The molecule has 3 heterocycles. The number of benzene rings is 1. The Morgan fingerprint density at radius 1 is 1.00 bits per heavy atom. The highest BCUT2D eigenvalue weighted by atomic mass is 16.3. The fraction of sp³-hybridized carbons (Fsp3) is 0.304. The molecule has 132 valence electrons. The summed E-state index contributed by atoms with van der Waals surface area (Å²) in [6.07, 6.45) is 3.81. The molecule has 0 N–H and O–H groups in total. The van der Waals surface area contributed by atoms with E-state index in [1.165, 1.54) is 5.56 Å². The Morgan fingerprint density at radius 2 is 1.85 bits per heavy atom. The van der Waals surface area contributed by atoms with Gasteiger partial charge in [0.15, 0.2) is 0 Å². The van der Waals surface area contributed by atoms with E-state index < -0.39 is 0 Å². The lowest BCUT2D eigenvalue weighted by molar-refractivity contribution is 0.411. The Labute approximate surface area is 154 Å². The molecule has 0 saturated heterocycles. The number of nitrogens with zero attached hydrogens (tertiary/aromatic N) is 2. The van der Waals surface area contributed by atoms with Crippen molar-refractivity contribution in [1.82, 2.24) is 9.97 Å². The van der Waals surface area contributed by atoms with Gasteiger partial charge in [-0.15, -0.1) is 0 Å². The number of furan rings is 1. The van der Waals surface area contributed by atoms with E-state index in [2.05, 4.69) is 80.1 Å². The summed E-state index contributed by atoms with van der Waals surface area (Å²) in [7, 11) is 0. The number of para-hydroxylation sites is 1. The average Bonchev–Trinajstić information content (AvgIpc) is 2.98. The number of aromatic nitrogens is 2. The molecule has 1 aromatic carbocycles. The maximum absolute atomic E-state index is 6.17. The van der Waals surface area contributed by atoms with Crippen LogP contribution in [0.5, 0.6) is 0 Å². The fourth-order valence-corrected chi connectivity index (χ4v) is 3.46. The van der Waals surface area contributed by atoms with E-state index >= 15 is 0 Å². The largest absolute Gasteiger partial charge is 0.437 e. The molecule has 3 aromatic heterocycles. The number of rotatable bonds is 3. The molecule has 0 amide bonds. The van der Waals surface area contributed by atoms with Crippen LogP contribution in [0.3, 0.4) is 0 Å². The minimum Gasteiger partial charge on any atom is -0.437 e. The van der Waals surface area contributed by atoms with Crippen molar-refractivity contribution in [2.24, 2.45) is 5.41 Å². The van der Waals surface area contributed by atoms with Crippen LogP contribution in [0.15, 0.2) is 53.1 Å². The summed E-state index contributed by atoms with van der Waals surface area (Å²) in [6.45, 7) is 8.87. The van der Waals surface area contributed by atoms with E-state index in [-0.39, 0.29) is 5.41 Å². The molecular weight excluding hydrogens is 320 g/mol. The molecule has 0 aliphatic carbocycles. The lowest BCUT2D eigenvalue weighted by atomic mass is 9.88. The van der Waals surface area contributed by atoms with Gasteiger partial charge in [0.05, 0.1) is 5.69 Å². The van der Waals surface area contributed by atoms with E-state index in [0.29, 0.717) is 5.71 Å². The fourth-order valence-electron chi connectivity index (χ4n) is 3.46. The van der Waals surface area contributed by atoms with Crippen LogP contribution < -0.4 is 0 Å². The van der Waals surface area contributed by atoms with Crippen molar-refractivity contribution in [2.45, 2.75) is 40.5 Å². The number of hydrogen-bond donors (Lipinski definition) is 0. The van der Waals surface area contributed by atoms with Crippen LogP contribution in [0.25, 0.3) is 33.3 Å². The minimum atomic E-state index is 0.241. The van der Waals surface area contributed by atoms with Crippen molar-refractivity contribution in [2.75, 3.05) is 0 Å². The van der Waals surface area contributed by atoms with Gasteiger partial charge in [-0.05, 0) is 54.2 Å². The van der Waals surface area contributed by atoms with Crippen molar-refractivity contribution in [3.63, 3.8) is 0 Å². The van der Waals surface area contributed by atoms with Crippen LogP contribution in [0, 0.1) is 5.41 Å². The van der Waals surface area contributed by atoms with Gasteiger partial charge in [-0.2, -0.15) is 0 Å². The first kappa shape index (κ1) is 16.8. The van der Waals surface area contributed by atoms with E-state index in [1.807, 2.05) is 6.20 Å². The summed E-state index contributed by atoms with van der Waals surface area (Å²) in [5.41, 5.74) is 6.12. The highest BCUT2D eigenvalue weighted by Crippen LogP contribution is 2.35. The Morgan fingerprint density at radius 3 is 2.62 bits per heavy atom. The van der Waals surface area contributed by atoms with Crippen molar-refractivity contribution >= 4 is 22.1 Å². The number of hydrogen-bond acceptors (Lipinski definition) is 3. The zero-order valence-electron chi connectivity index (χ0n) is 15.8. The third kappa shape index (κ3) is 3.10. The molecule has 0 bridgehead atoms. The molecule has 0 spiro atoms. The number of aryl methyl sites for hydroxylation is 1. The van der Waals surface area contributed by atoms with E-state index in [4.69, 9.17) is 4.42 Å². The Kier molecular flexibility index (Phi) is 4.03. The van der Waals surface area contributed by atoms with Crippen molar-refractivity contribution in [3.8, 4) is 11.3 Å². The Bertz CT molecular complexity index is 1090. The summed E-state index contributed by atoms with van der Waals surface area (Å²) in [4.78, 5) is 9.26. The first-order valence-corrected chi connectivity index (χ1v) is 9.21. The zero-order valence-corrected chi connectivity index (χ0v) is 15.8. The average molecular weight is 344 g/mol. The first-order chi connectivity index (χ1) is 12.4. The van der Waals surface area contributed by atoms with Gasteiger partial charge >= 0.3 is 0 Å². The third-order valence-corrected chi connectivity index (χ3v) is 4.62. The Balaban J connectivity index is 1.88. The maximum Gasteiger partial charge on any atom is 0.227 e. The van der Waals surface area contributed by atoms with Gasteiger partial charge in [-0.25, -0.2) is 4.98 Å². The van der Waals surface area contributed by atoms with Crippen molar-refractivity contribution in [3.05, 3.63) is 59.9 Å². The molecule has 0 unspecified atom stereocenters. The van der Waals surface area contributed by atoms with Crippen molar-refractivity contribution < 1.29 is 4.42 Å². The van der Waals surface area contributed by atoms with Crippen LogP contribution >= 0.6 is 0 Å². The van der Waals surface area contributed by atoms with Gasteiger partial charge in [-0.3, -0.25) is 4.98 Å². The summed E-state index contributed by atoms with van der Waals surface area (Å²) in [6, 6.07) is 14.7. The second-order valence-electron chi connectivity index (χ2n) is 8.08. The summed E-state index contributed by atoms with van der Waals surface area (Å²) in [5.74, 6) is 0. The summed E-state index contributed by atoms with van der Waals surface area (Å²) in [5, 5.41) is 2.15. The van der Waals surface area contributed by atoms with Crippen LogP contribution in [-0.2, 0) is 12.8 Å². The molecule has 4 rings (SSSR count). The molecule has 0 fully saturated rings. The summed E-state index contributed by atoms with van der Waals surface area (Å²) < 4.78 is 6.17. The van der Waals surface area contributed by atoms with Gasteiger partial charge < -0.3 is 4.42 Å². The minimum absolute atomic E-state index is 0.241. The molecule has 0 atom stereocenters. The van der Waals surface area contributed by atoms with Gasteiger partial charge in [-0.1, -0.05) is 39.8 Å². The number of fused-ring (bicyclic) bond motifs is 3. The van der Waals surface area contributed by atoms with Gasteiger partial charge in [0, 0.05) is 28.2 Å². The monoisotopic (exact) mass is 344 g/mol. The predicted molar refractivity (Wildman–Crippen MR) is 107 cm³/mol. The number of pyridine rings is 2. The van der Waals surface area contributed by atoms with Crippen molar-refractivity contribution in [1.29, 1.82) is 0 Å². The zero-order chi connectivity index (χ0) is 18.3. The maximum atomic E-state index is 6.17. The first-order valence-electron chi connectivity index (χ1n) is 9.21. The lowest BCUT2D eigenvalue weighted by Gasteiger charge is -2.18. The SMILES string of the molecule is CCc1ccc2c(n1)oc1c(-c3cc(CC(C)(C)C)ccn3)cccc12. The predicted octanol–water partition coefficient (Wildman–Crippen LogP) is 6.19. The highest BCUT2D eigenvalue weighted by molar-refractivity contribution is 6.08. The molecule has 3 heteroatoms. The van der Waals surface area contributed by atoms with E-state index in [1.54, 1.807) is 0 Å². The van der Waals surface area contributed by atoms with E-state index in [0.717, 1.165) is 46.1 Å². The molecule has 3 nitrogen and oxygen atoms in total. The molecule has 0 saturated carbocycles. The van der Waals surface area contributed by atoms with Gasteiger partial charge in [0.25, 0.3) is 0 Å². The Hall–Kier alpha value is -2.68. The molecule has 4 aromatic rings. The van der Waals surface area contributed by atoms with Crippen LogP contribution in [0.2, 0.25) is 0 Å². The third-order valence-electron chi connectivity index (χ3n) is 4.62. The van der Waals surface area contributed by atoms with Crippen LogP contribution in [0.4, 0.5) is 0 Å². The second-order valence-corrected chi connectivity index (χ2v) is 8.08. The molecule has 0 aliphatic heterocycles.